The molecule has 1 amide bonds. The molecule has 0 bridgehead atoms. The molecule has 4 heteroatoms. The monoisotopic (exact) mass is 313 g/mol. The maximum atomic E-state index is 12.0. The van der Waals surface area contributed by atoms with Crippen molar-refractivity contribution in [3.63, 3.8) is 0 Å². The van der Waals surface area contributed by atoms with E-state index in [1.165, 1.54) is 7.11 Å². The van der Waals surface area contributed by atoms with Gasteiger partial charge in [0.15, 0.2) is 0 Å². The first-order valence-corrected chi connectivity index (χ1v) is 8.54. The van der Waals surface area contributed by atoms with Crippen LogP contribution in [-0.2, 0) is 14.3 Å². The van der Waals surface area contributed by atoms with E-state index >= 15 is 0 Å². The molecule has 130 valence electrons. The van der Waals surface area contributed by atoms with E-state index < -0.39 is 0 Å². The van der Waals surface area contributed by atoms with Gasteiger partial charge in [0.25, 0.3) is 0 Å². The van der Waals surface area contributed by atoms with Gasteiger partial charge in [-0.25, -0.2) is 0 Å². The first kappa shape index (κ1) is 20.9. The molecule has 0 spiro atoms. The van der Waals surface area contributed by atoms with Crippen molar-refractivity contribution in [3.05, 3.63) is 0 Å². The fraction of sp³-hybridized carbons (Fsp3) is 0.889. The Balaban J connectivity index is 4.14. The molecular weight excluding hydrogens is 278 g/mol. The van der Waals surface area contributed by atoms with Crippen LogP contribution >= 0.6 is 0 Å². The molecule has 0 radical (unpaired) electrons. The maximum absolute atomic E-state index is 12.0. The molecule has 0 aliphatic heterocycles. The summed E-state index contributed by atoms with van der Waals surface area (Å²) in [7, 11) is 3.33. The number of ether oxygens (including phenoxy) is 1. The highest BCUT2D eigenvalue weighted by Gasteiger charge is 2.20. The highest BCUT2D eigenvalue weighted by molar-refractivity contribution is 5.78. The zero-order chi connectivity index (χ0) is 17.3. The van der Waals surface area contributed by atoms with Crippen LogP contribution in [0.25, 0.3) is 0 Å². The second-order valence-electron chi connectivity index (χ2n) is 6.93. The number of amides is 1. The Morgan fingerprint density at radius 2 is 1.68 bits per heavy atom. The van der Waals surface area contributed by atoms with Crippen molar-refractivity contribution in [2.45, 2.75) is 60.3 Å². The van der Waals surface area contributed by atoms with Crippen molar-refractivity contribution in [1.82, 2.24) is 4.90 Å². The Labute approximate surface area is 136 Å². The van der Waals surface area contributed by atoms with Crippen LogP contribution in [0.2, 0.25) is 0 Å². The molecule has 4 nitrogen and oxygen atoms in total. The Kier molecular flexibility index (Phi) is 10.1. The van der Waals surface area contributed by atoms with Crippen molar-refractivity contribution in [2.75, 3.05) is 20.7 Å². The second kappa shape index (κ2) is 10.6. The third kappa shape index (κ3) is 7.81. The average Bonchev–Trinajstić information content (AvgIpc) is 2.50. The zero-order valence-corrected chi connectivity index (χ0v) is 15.5. The van der Waals surface area contributed by atoms with Crippen LogP contribution < -0.4 is 0 Å². The van der Waals surface area contributed by atoms with Crippen LogP contribution in [0.4, 0.5) is 0 Å². The van der Waals surface area contributed by atoms with Gasteiger partial charge in [0, 0.05) is 25.9 Å². The van der Waals surface area contributed by atoms with Crippen LogP contribution in [0.5, 0.6) is 0 Å². The number of nitrogens with zero attached hydrogens (tertiary/aromatic N) is 1. The molecular formula is C18H35NO3. The van der Waals surface area contributed by atoms with Gasteiger partial charge in [-0.2, -0.15) is 0 Å². The van der Waals surface area contributed by atoms with Crippen molar-refractivity contribution in [2.24, 2.45) is 23.7 Å². The first-order valence-electron chi connectivity index (χ1n) is 8.54. The molecule has 0 aliphatic carbocycles. The van der Waals surface area contributed by atoms with Crippen LogP contribution in [0, 0.1) is 23.7 Å². The van der Waals surface area contributed by atoms with E-state index in [0.29, 0.717) is 24.2 Å². The fourth-order valence-corrected chi connectivity index (χ4v) is 2.61. The first-order chi connectivity index (χ1) is 10.2. The lowest BCUT2D eigenvalue weighted by atomic mass is 9.84. The van der Waals surface area contributed by atoms with Crippen LogP contribution in [0.1, 0.15) is 60.3 Å². The van der Waals surface area contributed by atoms with E-state index in [2.05, 4.69) is 20.8 Å². The van der Waals surface area contributed by atoms with Crippen molar-refractivity contribution in [1.29, 1.82) is 0 Å². The molecule has 0 saturated heterocycles. The SMILES string of the molecule is CC[C@@H](C)C(=O)N(C)CC[C@@H](C)C[C@@H](C)[C@H](C)CC(=O)OC. The summed E-state index contributed by atoms with van der Waals surface area (Å²) < 4.78 is 4.73. The normalized spacial score (nSPS) is 16.5. The number of esters is 1. The summed E-state index contributed by atoms with van der Waals surface area (Å²) in [6.45, 7) is 11.4. The molecule has 0 aliphatic rings. The van der Waals surface area contributed by atoms with Gasteiger partial charge in [-0.1, -0.05) is 34.6 Å². The molecule has 22 heavy (non-hydrogen) atoms. The predicted molar refractivity (Wildman–Crippen MR) is 90.5 cm³/mol. The van der Waals surface area contributed by atoms with Gasteiger partial charge in [-0.15, -0.1) is 0 Å². The van der Waals surface area contributed by atoms with Crippen molar-refractivity contribution < 1.29 is 14.3 Å². The molecule has 0 rings (SSSR count). The van der Waals surface area contributed by atoms with Gasteiger partial charge in [-0.05, 0) is 37.0 Å². The van der Waals surface area contributed by atoms with E-state index in [1.807, 2.05) is 25.8 Å². The molecule has 0 aromatic rings. The molecule has 0 aromatic carbocycles. The van der Waals surface area contributed by atoms with Crippen LogP contribution in [0.3, 0.4) is 0 Å². The van der Waals surface area contributed by atoms with E-state index in [-0.39, 0.29) is 17.8 Å². The third-order valence-electron chi connectivity index (χ3n) is 4.83. The zero-order valence-electron chi connectivity index (χ0n) is 15.5. The maximum Gasteiger partial charge on any atom is 0.305 e. The summed E-state index contributed by atoms with van der Waals surface area (Å²) in [5.41, 5.74) is 0. The van der Waals surface area contributed by atoms with Gasteiger partial charge < -0.3 is 9.64 Å². The highest BCUT2D eigenvalue weighted by atomic mass is 16.5. The third-order valence-corrected chi connectivity index (χ3v) is 4.83. The molecule has 0 heterocycles. The minimum Gasteiger partial charge on any atom is -0.469 e. The number of carbonyl (C=O) groups is 2. The Morgan fingerprint density at radius 3 is 2.18 bits per heavy atom. The number of rotatable bonds is 10. The molecule has 0 saturated carbocycles. The van der Waals surface area contributed by atoms with E-state index in [0.717, 1.165) is 25.8 Å². The topological polar surface area (TPSA) is 46.6 Å². The van der Waals surface area contributed by atoms with Crippen LogP contribution in [0.15, 0.2) is 0 Å². The Hall–Kier alpha value is -1.06. The van der Waals surface area contributed by atoms with E-state index in [4.69, 9.17) is 4.74 Å². The smallest absolute Gasteiger partial charge is 0.305 e. The minimum atomic E-state index is -0.133. The number of hydrogen-bond acceptors (Lipinski definition) is 3. The molecule has 0 fully saturated rings. The lowest BCUT2D eigenvalue weighted by molar-refractivity contribution is -0.142. The van der Waals surface area contributed by atoms with Crippen molar-refractivity contribution >= 4 is 11.9 Å². The summed E-state index contributed by atoms with van der Waals surface area (Å²) in [4.78, 5) is 25.2. The van der Waals surface area contributed by atoms with Gasteiger partial charge in [0.1, 0.15) is 0 Å². The highest BCUT2D eigenvalue weighted by Crippen LogP contribution is 2.24. The number of methoxy groups -OCH3 is 1. The summed E-state index contributed by atoms with van der Waals surface area (Å²) in [6.07, 6.45) is 3.45. The quantitative estimate of drug-likeness (QED) is 0.577. The van der Waals surface area contributed by atoms with Crippen molar-refractivity contribution in [3.8, 4) is 0 Å². The second-order valence-corrected chi connectivity index (χ2v) is 6.93. The lowest BCUT2D eigenvalue weighted by Crippen LogP contribution is -2.33. The van der Waals surface area contributed by atoms with Gasteiger partial charge in [0.2, 0.25) is 5.91 Å². The molecule has 4 atom stereocenters. The summed E-state index contributed by atoms with van der Waals surface area (Å²) in [5.74, 6) is 1.56. The van der Waals surface area contributed by atoms with Gasteiger partial charge in [0.05, 0.1) is 7.11 Å². The van der Waals surface area contributed by atoms with Gasteiger partial charge in [-0.3, -0.25) is 9.59 Å². The Bertz CT molecular complexity index is 343. The lowest BCUT2D eigenvalue weighted by Gasteiger charge is -2.25. The Morgan fingerprint density at radius 1 is 1.09 bits per heavy atom. The standard InChI is InChI=1S/C18H35NO3/c1-8-14(3)18(21)19(6)10-9-13(2)11-15(4)16(5)12-17(20)22-7/h13-16H,8-12H2,1-7H3/t13-,14-,15-,16-/m1/s1. The van der Waals surface area contributed by atoms with E-state index in [1.54, 1.807) is 0 Å². The predicted octanol–water partition coefficient (Wildman–Crippen LogP) is 3.74. The largest absolute Gasteiger partial charge is 0.469 e. The molecule has 0 unspecified atom stereocenters. The summed E-state index contributed by atoms with van der Waals surface area (Å²) in [5, 5.41) is 0. The minimum absolute atomic E-state index is 0.110. The molecule has 0 aromatic heterocycles. The summed E-state index contributed by atoms with van der Waals surface area (Å²) in [6, 6.07) is 0. The van der Waals surface area contributed by atoms with E-state index in [9.17, 15) is 9.59 Å². The fourth-order valence-electron chi connectivity index (χ4n) is 2.61. The number of hydrogen-bond donors (Lipinski definition) is 0. The number of carbonyl (C=O) groups excluding carboxylic acids is 2. The molecule has 0 N–H and O–H groups in total. The van der Waals surface area contributed by atoms with Gasteiger partial charge >= 0.3 is 5.97 Å². The van der Waals surface area contributed by atoms with Crippen LogP contribution in [-0.4, -0.2) is 37.5 Å². The summed E-state index contributed by atoms with van der Waals surface area (Å²) >= 11 is 0. The average molecular weight is 313 g/mol.